The van der Waals surface area contributed by atoms with E-state index in [-0.39, 0.29) is 36.2 Å². The summed E-state index contributed by atoms with van der Waals surface area (Å²) in [5, 5.41) is 7.50. The Morgan fingerprint density at radius 3 is 3.00 bits per heavy atom. The molecular weight excluding hydrogens is 290 g/mol. The van der Waals surface area contributed by atoms with Crippen molar-refractivity contribution in [2.75, 3.05) is 18.1 Å². The molecule has 0 aromatic carbocycles. The number of carbonyl (C=O) groups excluding carboxylic acids is 1. The quantitative estimate of drug-likeness (QED) is 0.838. The van der Waals surface area contributed by atoms with Crippen LogP contribution in [0, 0.1) is 0 Å². The monoisotopic (exact) mass is 313 g/mol. The van der Waals surface area contributed by atoms with Crippen LogP contribution < -0.4 is 5.32 Å². The number of hydrogen-bond donors (Lipinski definition) is 1. The first kappa shape index (κ1) is 16.2. The summed E-state index contributed by atoms with van der Waals surface area (Å²) >= 11 is 0. The molecule has 0 radical (unpaired) electrons. The van der Waals surface area contributed by atoms with E-state index in [9.17, 15) is 13.2 Å². The van der Waals surface area contributed by atoms with Crippen LogP contribution in [0.2, 0.25) is 0 Å². The number of aromatic nitrogens is 2. The maximum Gasteiger partial charge on any atom is 0.153 e. The van der Waals surface area contributed by atoms with Gasteiger partial charge < -0.3 is 5.32 Å². The summed E-state index contributed by atoms with van der Waals surface area (Å²) in [7, 11) is -3.00. The van der Waals surface area contributed by atoms with Crippen molar-refractivity contribution in [1.29, 1.82) is 0 Å². The fourth-order valence-electron chi connectivity index (χ4n) is 2.45. The Bertz CT molecular complexity index is 594. The zero-order chi connectivity index (χ0) is 15.5. The first-order valence-corrected chi connectivity index (χ1v) is 9.21. The number of ketones is 1. The average Bonchev–Trinajstić information content (AvgIpc) is 2.84. The molecular formula is C14H23N3O3S. The summed E-state index contributed by atoms with van der Waals surface area (Å²) in [6.45, 7) is 4.60. The van der Waals surface area contributed by atoms with Crippen LogP contribution in [0.3, 0.4) is 0 Å². The van der Waals surface area contributed by atoms with E-state index in [4.69, 9.17) is 0 Å². The third kappa shape index (κ3) is 4.64. The van der Waals surface area contributed by atoms with E-state index in [1.54, 1.807) is 0 Å². The van der Waals surface area contributed by atoms with Crippen molar-refractivity contribution in [2.24, 2.45) is 0 Å². The molecule has 21 heavy (non-hydrogen) atoms. The molecule has 1 aromatic heterocycles. The smallest absolute Gasteiger partial charge is 0.153 e. The second kappa shape index (κ2) is 6.70. The number of rotatable bonds is 6. The van der Waals surface area contributed by atoms with E-state index in [1.807, 2.05) is 16.9 Å². The summed E-state index contributed by atoms with van der Waals surface area (Å²) in [4.78, 5) is 12.1. The van der Waals surface area contributed by atoms with Crippen LogP contribution in [0.5, 0.6) is 0 Å². The summed E-state index contributed by atoms with van der Waals surface area (Å²) < 4.78 is 25.0. The fourth-order valence-corrected chi connectivity index (χ4v) is 3.90. The highest BCUT2D eigenvalue weighted by Crippen LogP contribution is 2.11. The molecule has 118 valence electrons. The fraction of sp³-hybridized carbons (Fsp3) is 0.714. The van der Waals surface area contributed by atoms with Crippen molar-refractivity contribution in [3.05, 3.63) is 18.0 Å². The number of carbonyl (C=O) groups is 1. The van der Waals surface area contributed by atoms with Crippen LogP contribution in [0.25, 0.3) is 0 Å². The predicted molar refractivity (Wildman–Crippen MR) is 81.0 cm³/mol. The van der Waals surface area contributed by atoms with Crippen LogP contribution in [0.1, 0.15) is 38.4 Å². The van der Waals surface area contributed by atoms with E-state index in [1.165, 1.54) is 0 Å². The Kier molecular flexibility index (Phi) is 5.16. The lowest BCUT2D eigenvalue weighted by Crippen LogP contribution is -2.46. The van der Waals surface area contributed by atoms with Gasteiger partial charge in [-0.2, -0.15) is 5.10 Å². The van der Waals surface area contributed by atoms with Crippen LogP contribution in [0.15, 0.2) is 12.3 Å². The van der Waals surface area contributed by atoms with Gasteiger partial charge in [-0.05, 0) is 19.4 Å². The molecule has 2 unspecified atom stereocenters. The molecule has 1 fully saturated rings. The SMILES string of the molecule is CCC(C)n1ccc(CC(=O)CC2CS(=O)(=O)CCN2)n1. The van der Waals surface area contributed by atoms with E-state index in [0.717, 1.165) is 12.1 Å². The minimum absolute atomic E-state index is 0.0269. The first-order chi connectivity index (χ1) is 9.89. The zero-order valence-corrected chi connectivity index (χ0v) is 13.4. The largest absolute Gasteiger partial charge is 0.312 e. The number of sulfone groups is 1. The summed E-state index contributed by atoms with van der Waals surface area (Å²) in [5.74, 6) is 0.246. The summed E-state index contributed by atoms with van der Waals surface area (Å²) in [6.07, 6.45) is 3.39. The molecule has 0 spiro atoms. The van der Waals surface area contributed by atoms with Gasteiger partial charge in [-0.25, -0.2) is 8.42 Å². The lowest BCUT2D eigenvalue weighted by atomic mass is 10.1. The van der Waals surface area contributed by atoms with Gasteiger partial charge in [0, 0.05) is 31.2 Å². The molecule has 1 aliphatic heterocycles. The Balaban J connectivity index is 1.88. The van der Waals surface area contributed by atoms with E-state index < -0.39 is 9.84 Å². The van der Waals surface area contributed by atoms with Crippen molar-refractivity contribution in [3.8, 4) is 0 Å². The highest BCUT2D eigenvalue weighted by molar-refractivity contribution is 7.91. The van der Waals surface area contributed by atoms with Crippen LogP contribution in [-0.4, -0.2) is 48.1 Å². The van der Waals surface area contributed by atoms with Gasteiger partial charge in [0.05, 0.1) is 23.6 Å². The number of Topliss-reactive ketones (excluding diaryl/α,β-unsaturated/α-hetero) is 1. The maximum absolute atomic E-state index is 12.1. The number of nitrogens with zero attached hydrogens (tertiary/aromatic N) is 2. The molecule has 6 nitrogen and oxygen atoms in total. The molecule has 0 aliphatic carbocycles. The first-order valence-electron chi connectivity index (χ1n) is 7.39. The second-order valence-electron chi connectivity index (χ2n) is 5.73. The summed E-state index contributed by atoms with van der Waals surface area (Å²) in [5.41, 5.74) is 0.749. The molecule has 2 atom stereocenters. The molecule has 0 saturated carbocycles. The Morgan fingerprint density at radius 1 is 1.57 bits per heavy atom. The van der Waals surface area contributed by atoms with Gasteiger partial charge >= 0.3 is 0 Å². The molecule has 7 heteroatoms. The van der Waals surface area contributed by atoms with Crippen molar-refractivity contribution >= 4 is 15.6 Å². The third-order valence-corrected chi connectivity index (χ3v) is 5.60. The van der Waals surface area contributed by atoms with Gasteiger partial charge in [0.1, 0.15) is 5.78 Å². The van der Waals surface area contributed by atoms with Crippen molar-refractivity contribution in [3.63, 3.8) is 0 Å². The van der Waals surface area contributed by atoms with Crippen LogP contribution in [0.4, 0.5) is 0 Å². The van der Waals surface area contributed by atoms with Gasteiger partial charge in [0.25, 0.3) is 0 Å². The van der Waals surface area contributed by atoms with Crippen LogP contribution in [-0.2, 0) is 21.1 Å². The molecule has 0 amide bonds. The van der Waals surface area contributed by atoms with Gasteiger partial charge in [0.15, 0.2) is 9.84 Å². The van der Waals surface area contributed by atoms with E-state index in [0.29, 0.717) is 12.6 Å². The van der Waals surface area contributed by atoms with Gasteiger partial charge in [-0.15, -0.1) is 0 Å². The Labute approximate surface area is 125 Å². The minimum atomic E-state index is -3.00. The lowest BCUT2D eigenvalue weighted by molar-refractivity contribution is -0.118. The number of nitrogens with one attached hydrogen (secondary N) is 1. The second-order valence-corrected chi connectivity index (χ2v) is 7.96. The topological polar surface area (TPSA) is 81.1 Å². The van der Waals surface area contributed by atoms with Crippen molar-refractivity contribution in [1.82, 2.24) is 15.1 Å². The molecule has 1 aromatic rings. The number of hydrogen-bond acceptors (Lipinski definition) is 5. The highest BCUT2D eigenvalue weighted by atomic mass is 32.2. The Morgan fingerprint density at radius 2 is 2.33 bits per heavy atom. The highest BCUT2D eigenvalue weighted by Gasteiger charge is 2.26. The average molecular weight is 313 g/mol. The molecule has 2 rings (SSSR count). The molecule has 2 heterocycles. The lowest BCUT2D eigenvalue weighted by Gasteiger charge is -2.22. The zero-order valence-electron chi connectivity index (χ0n) is 12.6. The van der Waals surface area contributed by atoms with Crippen molar-refractivity contribution in [2.45, 2.75) is 45.2 Å². The van der Waals surface area contributed by atoms with Crippen molar-refractivity contribution < 1.29 is 13.2 Å². The van der Waals surface area contributed by atoms with Gasteiger partial charge in [-0.3, -0.25) is 9.48 Å². The Hall–Kier alpha value is -1.21. The molecule has 0 bridgehead atoms. The molecule has 1 aliphatic rings. The van der Waals surface area contributed by atoms with Gasteiger partial charge in [-0.1, -0.05) is 6.92 Å². The minimum Gasteiger partial charge on any atom is -0.312 e. The predicted octanol–water partition coefficient (Wildman–Crippen LogP) is 0.742. The summed E-state index contributed by atoms with van der Waals surface area (Å²) in [6, 6.07) is 1.92. The molecule has 1 N–H and O–H groups in total. The van der Waals surface area contributed by atoms with E-state index >= 15 is 0 Å². The van der Waals surface area contributed by atoms with Gasteiger partial charge in [0.2, 0.25) is 0 Å². The van der Waals surface area contributed by atoms with E-state index in [2.05, 4.69) is 24.3 Å². The third-order valence-electron chi connectivity index (χ3n) is 3.86. The standard InChI is InChI=1S/C14H23N3O3S/c1-3-11(2)17-6-4-12(16-17)8-14(18)9-13-10-21(19,20)7-5-15-13/h4,6,11,13,15H,3,5,7-10H2,1-2H3. The maximum atomic E-state index is 12.1. The van der Waals surface area contributed by atoms with Crippen LogP contribution >= 0.6 is 0 Å². The molecule has 1 saturated heterocycles. The normalized spacial score (nSPS) is 22.9.